The van der Waals surface area contributed by atoms with Gasteiger partial charge in [0.1, 0.15) is 0 Å². The monoisotopic (exact) mass is 379 g/mol. The van der Waals surface area contributed by atoms with E-state index in [-0.39, 0.29) is 0 Å². The van der Waals surface area contributed by atoms with E-state index >= 15 is 0 Å². The summed E-state index contributed by atoms with van der Waals surface area (Å²) >= 11 is 0. The number of aromatic nitrogens is 1. The fourth-order valence-corrected chi connectivity index (χ4v) is 4.11. The second-order valence-electron chi connectivity index (χ2n) is 8.75. The smallest absolute Gasteiger partial charge is 0.0716 e. The first kappa shape index (κ1) is 19.4. The van der Waals surface area contributed by atoms with E-state index in [4.69, 9.17) is 4.98 Å². The maximum absolute atomic E-state index is 5.05. The molecule has 1 nitrogen and oxygen atoms in total. The Hall–Kier alpha value is -2.93. The molecule has 0 N–H and O–H groups in total. The van der Waals surface area contributed by atoms with Crippen LogP contribution in [0.2, 0.25) is 0 Å². The Balaban J connectivity index is 1.96. The van der Waals surface area contributed by atoms with Gasteiger partial charge in [0.15, 0.2) is 0 Å². The lowest BCUT2D eigenvalue weighted by Crippen LogP contribution is -1.96. The summed E-state index contributed by atoms with van der Waals surface area (Å²) in [6, 6.07) is 24.5. The lowest BCUT2D eigenvalue weighted by molar-refractivity contribution is 0.648. The molecule has 0 bridgehead atoms. The number of pyridine rings is 1. The Bertz CT molecular complexity index is 1150. The summed E-state index contributed by atoms with van der Waals surface area (Å²) in [6.07, 6.45) is 1.09. The first-order chi connectivity index (χ1) is 13.9. The van der Waals surface area contributed by atoms with Gasteiger partial charge < -0.3 is 0 Å². The quantitative estimate of drug-likeness (QED) is 0.354. The molecule has 0 aliphatic heterocycles. The summed E-state index contributed by atoms with van der Waals surface area (Å²) in [6.45, 7) is 11.0. The van der Waals surface area contributed by atoms with Gasteiger partial charge in [-0.3, -0.25) is 0 Å². The van der Waals surface area contributed by atoms with Gasteiger partial charge in [0.2, 0.25) is 0 Å². The first-order valence-electron chi connectivity index (χ1n) is 10.5. The second-order valence-corrected chi connectivity index (χ2v) is 8.75. The number of nitrogens with zero attached hydrogens (tertiary/aromatic N) is 1. The van der Waals surface area contributed by atoms with Crippen LogP contribution in [0, 0.1) is 26.7 Å². The van der Waals surface area contributed by atoms with E-state index in [9.17, 15) is 0 Å². The Morgan fingerprint density at radius 2 is 1.38 bits per heavy atom. The minimum Gasteiger partial charge on any atom is -0.248 e. The average Bonchev–Trinajstić information content (AvgIpc) is 2.66. The molecular weight excluding hydrogens is 350 g/mol. The topological polar surface area (TPSA) is 12.9 Å². The van der Waals surface area contributed by atoms with E-state index in [2.05, 4.69) is 101 Å². The Morgan fingerprint density at radius 3 is 2.03 bits per heavy atom. The zero-order valence-corrected chi connectivity index (χ0v) is 18.1. The van der Waals surface area contributed by atoms with Crippen molar-refractivity contribution in [2.75, 3.05) is 0 Å². The van der Waals surface area contributed by atoms with Crippen molar-refractivity contribution < 1.29 is 0 Å². The molecule has 1 heteroatoms. The number of fused-ring (bicyclic) bond motifs is 1. The third kappa shape index (κ3) is 4.24. The number of benzene rings is 3. The summed E-state index contributed by atoms with van der Waals surface area (Å²) in [4.78, 5) is 5.05. The zero-order chi connectivity index (χ0) is 20.5. The molecule has 0 amide bonds. The highest BCUT2D eigenvalue weighted by Gasteiger charge is 2.12. The standard InChI is InChI=1S/C28H29N/c1-18(2)12-22-8-11-27-26(16-22)25(23-9-6-19(3)7-10-23)17-28(29-27)24-14-20(4)13-21(5)15-24/h6-11,13-18H,12H2,1-5H3. The molecule has 4 aromatic rings. The maximum atomic E-state index is 5.05. The van der Waals surface area contributed by atoms with Crippen LogP contribution in [0.3, 0.4) is 0 Å². The minimum absolute atomic E-state index is 0.637. The van der Waals surface area contributed by atoms with Crippen molar-refractivity contribution >= 4 is 10.9 Å². The summed E-state index contributed by atoms with van der Waals surface area (Å²) in [5.41, 5.74) is 11.0. The van der Waals surface area contributed by atoms with E-state index in [1.807, 2.05) is 0 Å². The van der Waals surface area contributed by atoms with E-state index in [0.29, 0.717) is 5.92 Å². The Kier molecular flexibility index (Phi) is 5.24. The molecular formula is C28H29N. The van der Waals surface area contributed by atoms with Gasteiger partial charge in [-0.1, -0.05) is 66.9 Å². The van der Waals surface area contributed by atoms with Crippen LogP contribution in [-0.2, 0) is 6.42 Å². The largest absolute Gasteiger partial charge is 0.248 e. The predicted octanol–water partition coefficient (Wildman–Crippen LogP) is 7.69. The van der Waals surface area contributed by atoms with E-state index < -0.39 is 0 Å². The van der Waals surface area contributed by atoms with Gasteiger partial charge in [-0.05, 0) is 80.1 Å². The van der Waals surface area contributed by atoms with Crippen molar-refractivity contribution in [1.82, 2.24) is 4.98 Å². The number of rotatable bonds is 4. The van der Waals surface area contributed by atoms with Crippen LogP contribution in [0.15, 0.2) is 66.7 Å². The number of hydrogen-bond acceptors (Lipinski definition) is 1. The highest BCUT2D eigenvalue weighted by molar-refractivity contribution is 5.97. The molecule has 0 spiro atoms. The van der Waals surface area contributed by atoms with Crippen molar-refractivity contribution in [2.24, 2.45) is 5.92 Å². The van der Waals surface area contributed by atoms with Gasteiger partial charge >= 0.3 is 0 Å². The van der Waals surface area contributed by atoms with E-state index in [1.165, 1.54) is 44.3 Å². The summed E-state index contributed by atoms with van der Waals surface area (Å²) in [5.74, 6) is 0.637. The molecule has 0 atom stereocenters. The van der Waals surface area contributed by atoms with Crippen molar-refractivity contribution in [2.45, 2.75) is 41.0 Å². The van der Waals surface area contributed by atoms with Crippen LogP contribution in [0.1, 0.15) is 36.1 Å². The van der Waals surface area contributed by atoms with Gasteiger partial charge in [0, 0.05) is 10.9 Å². The fourth-order valence-electron chi connectivity index (χ4n) is 4.11. The van der Waals surface area contributed by atoms with Gasteiger partial charge in [-0.25, -0.2) is 4.98 Å². The van der Waals surface area contributed by atoms with Crippen molar-refractivity contribution in [3.8, 4) is 22.4 Å². The molecule has 0 aliphatic carbocycles. The molecule has 0 saturated carbocycles. The molecule has 29 heavy (non-hydrogen) atoms. The van der Waals surface area contributed by atoms with Crippen molar-refractivity contribution in [3.05, 3.63) is 89.0 Å². The summed E-state index contributed by atoms with van der Waals surface area (Å²) < 4.78 is 0. The van der Waals surface area contributed by atoms with Crippen LogP contribution >= 0.6 is 0 Å². The SMILES string of the molecule is Cc1ccc(-c2cc(-c3cc(C)cc(C)c3)nc3ccc(CC(C)C)cc23)cc1. The molecule has 0 unspecified atom stereocenters. The van der Waals surface area contributed by atoms with Crippen molar-refractivity contribution in [1.29, 1.82) is 0 Å². The molecule has 0 radical (unpaired) electrons. The van der Waals surface area contributed by atoms with Gasteiger partial charge in [0.25, 0.3) is 0 Å². The molecule has 1 heterocycles. The van der Waals surface area contributed by atoms with Crippen LogP contribution in [0.4, 0.5) is 0 Å². The second kappa shape index (κ2) is 7.83. The summed E-state index contributed by atoms with van der Waals surface area (Å²) in [7, 11) is 0. The average molecular weight is 380 g/mol. The van der Waals surface area contributed by atoms with Gasteiger partial charge in [-0.15, -0.1) is 0 Å². The van der Waals surface area contributed by atoms with Gasteiger partial charge in [0.05, 0.1) is 11.2 Å². The van der Waals surface area contributed by atoms with E-state index in [0.717, 1.165) is 17.6 Å². The molecule has 1 aromatic heterocycles. The highest BCUT2D eigenvalue weighted by atomic mass is 14.7. The number of aryl methyl sites for hydroxylation is 3. The lowest BCUT2D eigenvalue weighted by atomic mass is 9.94. The summed E-state index contributed by atoms with van der Waals surface area (Å²) in [5, 5.41) is 1.24. The third-order valence-corrected chi connectivity index (χ3v) is 5.40. The minimum atomic E-state index is 0.637. The van der Waals surface area contributed by atoms with Crippen LogP contribution in [-0.4, -0.2) is 4.98 Å². The van der Waals surface area contributed by atoms with Crippen LogP contribution < -0.4 is 0 Å². The Morgan fingerprint density at radius 1 is 0.690 bits per heavy atom. The Labute approximate surface area is 174 Å². The third-order valence-electron chi connectivity index (χ3n) is 5.40. The molecule has 146 valence electrons. The molecule has 4 rings (SSSR count). The van der Waals surface area contributed by atoms with Crippen LogP contribution in [0.5, 0.6) is 0 Å². The maximum Gasteiger partial charge on any atom is 0.0716 e. The molecule has 0 fully saturated rings. The van der Waals surface area contributed by atoms with Crippen LogP contribution in [0.25, 0.3) is 33.3 Å². The fraction of sp³-hybridized carbons (Fsp3) is 0.250. The molecule has 0 saturated heterocycles. The lowest BCUT2D eigenvalue weighted by Gasteiger charge is -2.14. The van der Waals surface area contributed by atoms with E-state index in [1.54, 1.807) is 0 Å². The van der Waals surface area contributed by atoms with Gasteiger partial charge in [-0.2, -0.15) is 0 Å². The highest BCUT2D eigenvalue weighted by Crippen LogP contribution is 2.33. The molecule has 0 aliphatic rings. The predicted molar refractivity (Wildman–Crippen MR) is 125 cm³/mol. The number of hydrogen-bond donors (Lipinski definition) is 0. The van der Waals surface area contributed by atoms with Crippen molar-refractivity contribution in [3.63, 3.8) is 0 Å². The zero-order valence-electron chi connectivity index (χ0n) is 18.1. The first-order valence-corrected chi connectivity index (χ1v) is 10.5. The normalized spacial score (nSPS) is 11.4. The molecule has 3 aromatic carbocycles.